The van der Waals surface area contributed by atoms with Gasteiger partial charge >= 0.3 is 5.97 Å². The van der Waals surface area contributed by atoms with E-state index in [1.165, 1.54) is 0 Å². The van der Waals surface area contributed by atoms with E-state index in [0.717, 1.165) is 17.7 Å². The second-order valence-corrected chi connectivity index (χ2v) is 4.13. The van der Waals surface area contributed by atoms with Gasteiger partial charge in [-0.2, -0.15) is 0 Å². The predicted molar refractivity (Wildman–Crippen MR) is 61.5 cm³/mol. The highest BCUT2D eigenvalue weighted by atomic mass is 35.5. The number of unbranched alkanes of at least 4 members (excludes halogenated alkanes) is 1. The Morgan fingerprint density at radius 2 is 2.24 bits per heavy atom. The Labute approximate surface area is 105 Å². The van der Waals surface area contributed by atoms with Gasteiger partial charge in [0.2, 0.25) is 11.8 Å². The van der Waals surface area contributed by atoms with Crippen LogP contribution in [0.1, 0.15) is 32.6 Å². The van der Waals surface area contributed by atoms with Crippen LogP contribution in [0, 0.1) is 0 Å². The number of nitrogens with zero attached hydrogens (tertiary/aromatic N) is 1. The van der Waals surface area contributed by atoms with Crippen molar-refractivity contribution in [3.05, 3.63) is 0 Å². The molecule has 17 heavy (non-hydrogen) atoms. The molecule has 1 aliphatic heterocycles. The van der Waals surface area contributed by atoms with Gasteiger partial charge in [-0.3, -0.25) is 14.5 Å². The van der Waals surface area contributed by atoms with Crippen LogP contribution in [0.25, 0.3) is 0 Å². The lowest BCUT2D eigenvalue weighted by molar-refractivity contribution is -0.156. The summed E-state index contributed by atoms with van der Waals surface area (Å²) in [6.07, 6.45) is 2.21. The highest BCUT2D eigenvalue weighted by Gasteiger charge is 2.40. The predicted octanol–water partition coefficient (Wildman–Crippen LogP) is 1.09. The van der Waals surface area contributed by atoms with Crippen molar-refractivity contribution in [1.82, 2.24) is 4.90 Å². The first kappa shape index (κ1) is 14.0. The standard InChI is InChI=1S/C11H16ClNO4/c1-2-3-6-17-11(16)8-4-5-9(14)13(8)10(15)7-12/h8H,2-7H2,1H3. The molecular formula is C11H16ClNO4. The summed E-state index contributed by atoms with van der Waals surface area (Å²) >= 11 is 5.40. The summed E-state index contributed by atoms with van der Waals surface area (Å²) in [5.74, 6) is -1.70. The average molecular weight is 262 g/mol. The maximum absolute atomic E-state index is 11.7. The summed E-state index contributed by atoms with van der Waals surface area (Å²) in [6, 6.07) is -0.786. The molecule has 1 saturated heterocycles. The van der Waals surface area contributed by atoms with Gasteiger partial charge in [-0.1, -0.05) is 13.3 Å². The summed E-state index contributed by atoms with van der Waals surface area (Å²) in [5, 5.41) is 0. The summed E-state index contributed by atoms with van der Waals surface area (Å²) in [4.78, 5) is 35.5. The minimum atomic E-state index is -0.786. The Balaban J connectivity index is 2.59. The Hall–Kier alpha value is -1.10. The molecule has 0 aliphatic carbocycles. The molecule has 0 aromatic rings. The normalized spacial score (nSPS) is 19.5. The third-order valence-electron chi connectivity index (χ3n) is 2.61. The van der Waals surface area contributed by atoms with E-state index in [1.54, 1.807) is 0 Å². The van der Waals surface area contributed by atoms with Crippen LogP contribution in [0.2, 0.25) is 0 Å². The molecule has 0 aromatic heterocycles. The smallest absolute Gasteiger partial charge is 0.329 e. The second kappa shape index (κ2) is 6.59. The number of hydrogen-bond donors (Lipinski definition) is 0. The van der Waals surface area contributed by atoms with Crippen molar-refractivity contribution < 1.29 is 19.1 Å². The van der Waals surface area contributed by atoms with Crippen molar-refractivity contribution in [2.75, 3.05) is 12.5 Å². The molecule has 0 spiro atoms. The topological polar surface area (TPSA) is 63.7 Å². The number of alkyl halides is 1. The average Bonchev–Trinajstić information content (AvgIpc) is 2.70. The molecule has 1 fully saturated rings. The van der Waals surface area contributed by atoms with Gasteiger partial charge in [0.05, 0.1) is 6.61 Å². The summed E-state index contributed by atoms with van der Waals surface area (Å²) < 4.78 is 5.01. The van der Waals surface area contributed by atoms with E-state index < -0.39 is 17.9 Å². The van der Waals surface area contributed by atoms with Crippen LogP contribution in [0.4, 0.5) is 0 Å². The zero-order chi connectivity index (χ0) is 12.8. The minimum absolute atomic E-state index is 0.191. The molecule has 0 N–H and O–H groups in total. The number of ether oxygens (including phenoxy) is 1. The molecule has 0 saturated carbocycles. The van der Waals surface area contributed by atoms with Gasteiger partial charge in [0.25, 0.3) is 0 Å². The third-order valence-corrected chi connectivity index (χ3v) is 2.84. The van der Waals surface area contributed by atoms with E-state index in [-0.39, 0.29) is 18.2 Å². The first-order valence-corrected chi connectivity index (χ1v) is 6.22. The lowest BCUT2D eigenvalue weighted by atomic mass is 10.2. The number of carbonyl (C=O) groups is 3. The fraction of sp³-hybridized carbons (Fsp3) is 0.727. The minimum Gasteiger partial charge on any atom is -0.464 e. The molecule has 2 amide bonds. The Morgan fingerprint density at radius 3 is 2.82 bits per heavy atom. The van der Waals surface area contributed by atoms with Gasteiger partial charge < -0.3 is 4.74 Å². The number of amides is 2. The first-order valence-electron chi connectivity index (χ1n) is 5.69. The van der Waals surface area contributed by atoms with Crippen molar-refractivity contribution in [2.45, 2.75) is 38.6 Å². The zero-order valence-corrected chi connectivity index (χ0v) is 10.5. The molecule has 0 radical (unpaired) electrons. The van der Waals surface area contributed by atoms with Crippen LogP contribution in [0.15, 0.2) is 0 Å². The molecule has 1 unspecified atom stereocenters. The highest BCUT2D eigenvalue weighted by molar-refractivity contribution is 6.28. The lowest BCUT2D eigenvalue weighted by Gasteiger charge is -2.20. The summed E-state index contributed by atoms with van der Waals surface area (Å²) in [6.45, 7) is 2.30. The fourth-order valence-electron chi connectivity index (χ4n) is 1.70. The van der Waals surface area contributed by atoms with E-state index in [2.05, 4.69) is 0 Å². The lowest BCUT2D eigenvalue weighted by Crippen LogP contribution is -2.44. The zero-order valence-electron chi connectivity index (χ0n) is 9.78. The van der Waals surface area contributed by atoms with Gasteiger partial charge in [0.1, 0.15) is 11.9 Å². The van der Waals surface area contributed by atoms with Gasteiger partial charge in [-0.25, -0.2) is 4.79 Å². The quantitative estimate of drug-likeness (QED) is 0.422. The van der Waals surface area contributed by atoms with Crippen molar-refractivity contribution in [1.29, 1.82) is 0 Å². The van der Waals surface area contributed by atoms with Crippen LogP contribution in [0.5, 0.6) is 0 Å². The van der Waals surface area contributed by atoms with Crippen molar-refractivity contribution >= 4 is 29.4 Å². The highest BCUT2D eigenvalue weighted by Crippen LogP contribution is 2.20. The maximum Gasteiger partial charge on any atom is 0.329 e. The molecule has 5 nitrogen and oxygen atoms in total. The number of esters is 1. The van der Waals surface area contributed by atoms with Crippen LogP contribution in [-0.4, -0.2) is 41.2 Å². The number of rotatable bonds is 5. The summed E-state index contributed by atoms with van der Waals surface area (Å²) in [7, 11) is 0. The Kier molecular flexibility index (Phi) is 5.41. The van der Waals surface area contributed by atoms with Crippen molar-refractivity contribution in [3.63, 3.8) is 0 Å². The van der Waals surface area contributed by atoms with Crippen LogP contribution in [-0.2, 0) is 19.1 Å². The third kappa shape index (κ3) is 3.43. The fourth-order valence-corrected chi connectivity index (χ4v) is 1.83. The SMILES string of the molecule is CCCCOC(=O)C1CCC(=O)N1C(=O)CCl. The van der Waals surface area contributed by atoms with Crippen LogP contribution >= 0.6 is 11.6 Å². The van der Waals surface area contributed by atoms with Crippen LogP contribution in [0.3, 0.4) is 0 Å². The van der Waals surface area contributed by atoms with Crippen molar-refractivity contribution in [3.8, 4) is 0 Å². The monoisotopic (exact) mass is 261 g/mol. The molecule has 0 aromatic carbocycles. The van der Waals surface area contributed by atoms with Crippen LogP contribution < -0.4 is 0 Å². The second-order valence-electron chi connectivity index (χ2n) is 3.87. The molecule has 1 heterocycles. The van der Waals surface area contributed by atoms with E-state index in [9.17, 15) is 14.4 Å². The van der Waals surface area contributed by atoms with Gasteiger partial charge in [0, 0.05) is 6.42 Å². The van der Waals surface area contributed by atoms with E-state index in [4.69, 9.17) is 16.3 Å². The molecule has 1 rings (SSSR count). The number of halogens is 1. The van der Waals surface area contributed by atoms with Crippen molar-refractivity contribution in [2.24, 2.45) is 0 Å². The first-order chi connectivity index (χ1) is 8.11. The van der Waals surface area contributed by atoms with Gasteiger partial charge in [0.15, 0.2) is 0 Å². The summed E-state index contributed by atoms with van der Waals surface area (Å²) in [5.41, 5.74) is 0. The number of imide groups is 1. The molecule has 96 valence electrons. The number of hydrogen-bond acceptors (Lipinski definition) is 4. The molecule has 0 bridgehead atoms. The van der Waals surface area contributed by atoms with Gasteiger partial charge in [-0.15, -0.1) is 11.6 Å². The molecule has 1 aliphatic rings. The Morgan fingerprint density at radius 1 is 1.53 bits per heavy atom. The molecular weight excluding hydrogens is 246 g/mol. The number of carbonyl (C=O) groups excluding carboxylic acids is 3. The largest absolute Gasteiger partial charge is 0.464 e. The van der Waals surface area contributed by atoms with E-state index >= 15 is 0 Å². The molecule has 6 heteroatoms. The molecule has 1 atom stereocenters. The maximum atomic E-state index is 11.7. The number of likely N-dealkylation sites (tertiary alicyclic amines) is 1. The van der Waals surface area contributed by atoms with E-state index in [0.29, 0.717) is 13.0 Å². The van der Waals surface area contributed by atoms with E-state index in [1.807, 2.05) is 6.92 Å². The Bertz CT molecular complexity index is 319. The van der Waals surface area contributed by atoms with Gasteiger partial charge in [-0.05, 0) is 12.8 Å².